The van der Waals surface area contributed by atoms with Gasteiger partial charge in [-0.05, 0) is 48.4 Å². The highest BCUT2D eigenvalue weighted by Gasteiger charge is 2.63. The van der Waals surface area contributed by atoms with E-state index in [-0.39, 0.29) is 28.3 Å². The number of nitrogens with one attached hydrogen (secondary N) is 1. The first-order valence-corrected chi connectivity index (χ1v) is 10.5. The summed E-state index contributed by atoms with van der Waals surface area (Å²) < 4.78 is 1.95. The minimum atomic E-state index is -0.459. The Balaban J connectivity index is 1.59. The van der Waals surface area contributed by atoms with Crippen LogP contribution in [0.5, 0.6) is 0 Å². The number of rotatable bonds is 4. The van der Waals surface area contributed by atoms with Gasteiger partial charge in [-0.1, -0.05) is 39.0 Å². The lowest BCUT2D eigenvalue weighted by Gasteiger charge is -2.35. The molecule has 2 aliphatic rings. The van der Waals surface area contributed by atoms with Crippen LogP contribution in [-0.2, 0) is 5.41 Å². The number of amides is 1. The van der Waals surface area contributed by atoms with Gasteiger partial charge >= 0.3 is 0 Å². The topological polar surface area (TPSA) is 90.1 Å². The van der Waals surface area contributed by atoms with Gasteiger partial charge in [0.2, 0.25) is 0 Å². The number of nitrogens with zero attached hydrogens (tertiary/aromatic N) is 3. The van der Waals surface area contributed by atoms with E-state index in [1.165, 1.54) is 12.1 Å². The third kappa shape index (κ3) is 2.65. The molecule has 5 rings (SSSR count). The van der Waals surface area contributed by atoms with Crippen LogP contribution in [0, 0.1) is 15.5 Å². The van der Waals surface area contributed by atoms with Crippen LogP contribution in [0.25, 0.3) is 5.69 Å². The average molecular weight is 416 g/mol. The van der Waals surface area contributed by atoms with E-state index in [2.05, 4.69) is 26.1 Å². The molecule has 2 bridgehead atoms. The zero-order valence-electron chi connectivity index (χ0n) is 17.8. The number of fused-ring (bicyclic) bond motifs is 5. The van der Waals surface area contributed by atoms with Crippen molar-refractivity contribution in [3.05, 3.63) is 81.7 Å². The summed E-state index contributed by atoms with van der Waals surface area (Å²) in [7, 11) is 0. The molecule has 7 nitrogen and oxygen atoms in total. The van der Waals surface area contributed by atoms with Gasteiger partial charge in [-0.15, -0.1) is 0 Å². The van der Waals surface area contributed by atoms with Crippen molar-refractivity contribution in [3.8, 4) is 5.69 Å². The van der Waals surface area contributed by atoms with Crippen molar-refractivity contribution in [3.63, 3.8) is 0 Å². The summed E-state index contributed by atoms with van der Waals surface area (Å²) in [4.78, 5) is 23.7. The molecule has 3 aromatic rings. The highest BCUT2D eigenvalue weighted by Crippen LogP contribution is 2.68. The first-order valence-electron chi connectivity index (χ1n) is 10.5. The number of nitro benzene ring substituents is 1. The van der Waals surface area contributed by atoms with E-state index in [1.807, 2.05) is 35.0 Å². The fourth-order valence-electron chi connectivity index (χ4n) is 5.50. The first-order chi connectivity index (χ1) is 14.7. The number of para-hydroxylation sites is 1. The number of non-ortho nitro benzene ring substituents is 1. The smallest absolute Gasteiger partial charge is 0.276 e. The molecule has 2 atom stereocenters. The third-order valence-corrected chi connectivity index (χ3v) is 7.57. The predicted octanol–water partition coefficient (Wildman–Crippen LogP) is 5.21. The molecule has 1 aromatic heterocycles. The summed E-state index contributed by atoms with van der Waals surface area (Å²) in [5.41, 5.74) is 4.01. The van der Waals surface area contributed by atoms with E-state index in [0.29, 0.717) is 11.4 Å². The second-order valence-corrected chi connectivity index (χ2v) is 9.26. The molecule has 2 aliphatic carbocycles. The maximum Gasteiger partial charge on any atom is 0.276 e. The highest BCUT2D eigenvalue weighted by atomic mass is 16.6. The van der Waals surface area contributed by atoms with Crippen LogP contribution >= 0.6 is 0 Å². The Morgan fingerprint density at radius 3 is 2.45 bits per heavy atom. The Hall–Kier alpha value is -3.48. The van der Waals surface area contributed by atoms with Crippen molar-refractivity contribution in [2.45, 2.75) is 44.9 Å². The average Bonchev–Trinajstić information content (AvgIpc) is 3.31. The summed E-state index contributed by atoms with van der Waals surface area (Å²) >= 11 is 0. The largest absolute Gasteiger partial charge is 0.321 e. The van der Waals surface area contributed by atoms with Crippen LogP contribution in [0.4, 0.5) is 11.4 Å². The van der Waals surface area contributed by atoms with Gasteiger partial charge < -0.3 is 5.32 Å². The number of nitro groups is 1. The molecule has 1 fully saturated rings. The second kappa shape index (κ2) is 6.51. The third-order valence-electron chi connectivity index (χ3n) is 7.57. The lowest BCUT2D eigenvalue weighted by atomic mass is 9.70. The minimum absolute atomic E-state index is 0.0146. The fourth-order valence-corrected chi connectivity index (χ4v) is 5.50. The van der Waals surface area contributed by atoms with Crippen molar-refractivity contribution in [2.24, 2.45) is 5.41 Å². The van der Waals surface area contributed by atoms with Gasteiger partial charge in [-0.2, -0.15) is 5.10 Å². The fraction of sp³-hybridized carbons (Fsp3) is 0.333. The summed E-state index contributed by atoms with van der Waals surface area (Å²) in [6, 6.07) is 15.8. The molecule has 1 heterocycles. The minimum Gasteiger partial charge on any atom is -0.321 e. The zero-order valence-corrected chi connectivity index (χ0v) is 17.8. The number of carbonyl (C=O) groups is 1. The van der Waals surface area contributed by atoms with Crippen molar-refractivity contribution >= 4 is 17.3 Å². The van der Waals surface area contributed by atoms with Gasteiger partial charge in [0.15, 0.2) is 5.69 Å². The lowest BCUT2D eigenvalue weighted by Crippen LogP contribution is -2.33. The molecule has 1 N–H and O–H groups in total. The number of hydrogen-bond acceptors (Lipinski definition) is 4. The standard InChI is InChI=1S/C24H24N4O3/c1-23(2)18-13-14-24(23,3)21-19(18)20(26-27(21)16-7-5-4-6-8-16)22(29)25-15-9-11-17(12-10-15)28(30)31/h4-12,18H,13-14H2,1-3H3,(H,25,29). The molecular formula is C24H24N4O3. The Bertz CT molecular complexity index is 1200. The van der Waals surface area contributed by atoms with Crippen LogP contribution in [0.1, 0.15) is 61.3 Å². The molecule has 1 amide bonds. The highest BCUT2D eigenvalue weighted by molar-refractivity contribution is 6.04. The molecule has 1 saturated carbocycles. The summed E-state index contributed by atoms with van der Waals surface area (Å²) in [5, 5.41) is 18.6. The number of benzene rings is 2. The molecule has 0 spiro atoms. The summed E-state index contributed by atoms with van der Waals surface area (Å²) in [6.45, 7) is 6.87. The van der Waals surface area contributed by atoms with Crippen LogP contribution in [-0.4, -0.2) is 20.6 Å². The van der Waals surface area contributed by atoms with Crippen molar-refractivity contribution in [1.82, 2.24) is 9.78 Å². The van der Waals surface area contributed by atoms with Crippen LogP contribution < -0.4 is 5.32 Å². The predicted molar refractivity (Wildman–Crippen MR) is 118 cm³/mol. The molecule has 2 aromatic carbocycles. The maximum absolute atomic E-state index is 13.3. The molecule has 0 aliphatic heterocycles. The number of aromatic nitrogens is 2. The van der Waals surface area contributed by atoms with E-state index in [4.69, 9.17) is 5.10 Å². The van der Waals surface area contributed by atoms with Gasteiger partial charge in [-0.3, -0.25) is 14.9 Å². The van der Waals surface area contributed by atoms with Gasteiger partial charge in [0, 0.05) is 28.8 Å². The quantitative estimate of drug-likeness (QED) is 0.467. The Morgan fingerprint density at radius 1 is 1.13 bits per heavy atom. The van der Waals surface area contributed by atoms with Gasteiger partial charge in [0.1, 0.15) is 0 Å². The molecule has 0 radical (unpaired) electrons. The van der Waals surface area contributed by atoms with Crippen LogP contribution in [0.2, 0.25) is 0 Å². The SMILES string of the molecule is CC12CCC(c3c(C(=O)Nc4ccc([N+](=O)[O-])cc4)nn(-c4ccccc4)c31)C2(C)C. The molecule has 2 unspecified atom stereocenters. The first kappa shape index (κ1) is 19.5. The number of carbonyl (C=O) groups excluding carboxylic acids is 1. The van der Waals surface area contributed by atoms with Crippen LogP contribution in [0.15, 0.2) is 54.6 Å². The Morgan fingerprint density at radius 2 is 1.81 bits per heavy atom. The molecule has 0 saturated heterocycles. The summed E-state index contributed by atoms with van der Waals surface area (Å²) in [6.07, 6.45) is 2.11. The van der Waals surface area contributed by atoms with Crippen LogP contribution in [0.3, 0.4) is 0 Å². The van der Waals surface area contributed by atoms with Crippen molar-refractivity contribution < 1.29 is 9.72 Å². The van der Waals surface area contributed by atoms with E-state index >= 15 is 0 Å². The number of hydrogen-bond donors (Lipinski definition) is 1. The lowest BCUT2D eigenvalue weighted by molar-refractivity contribution is -0.384. The van der Waals surface area contributed by atoms with Gasteiger partial charge in [0.05, 0.1) is 16.3 Å². The molecule has 158 valence electrons. The van der Waals surface area contributed by atoms with Crippen molar-refractivity contribution in [1.29, 1.82) is 0 Å². The van der Waals surface area contributed by atoms with E-state index < -0.39 is 4.92 Å². The number of anilines is 1. The zero-order chi connectivity index (χ0) is 22.0. The summed E-state index contributed by atoms with van der Waals surface area (Å²) in [5.74, 6) is -0.0192. The molecular weight excluding hydrogens is 392 g/mol. The normalized spacial score (nSPS) is 22.9. The Labute approximate surface area is 180 Å². The van der Waals surface area contributed by atoms with E-state index in [1.54, 1.807) is 12.1 Å². The van der Waals surface area contributed by atoms with Crippen molar-refractivity contribution in [2.75, 3.05) is 5.32 Å². The van der Waals surface area contributed by atoms with Gasteiger partial charge in [-0.25, -0.2) is 4.68 Å². The monoisotopic (exact) mass is 416 g/mol. The Kier molecular flexibility index (Phi) is 4.09. The maximum atomic E-state index is 13.3. The molecule has 31 heavy (non-hydrogen) atoms. The van der Waals surface area contributed by atoms with E-state index in [9.17, 15) is 14.9 Å². The molecule has 7 heteroatoms. The van der Waals surface area contributed by atoms with E-state index in [0.717, 1.165) is 29.8 Å². The van der Waals surface area contributed by atoms with Gasteiger partial charge in [0.25, 0.3) is 11.6 Å². The second-order valence-electron chi connectivity index (χ2n) is 9.26.